The summed E-state index contributed by atoms with van der Waals surface area (Å²) in [4.78, 5) is 13.0. The third kappa shape index (κ3) is 6.35. The smallest absolute Gasteiger partial charge is 0.243 e. The summed E-state index contributed by atoms with van der Waals surface area (Å²) >= 11 is 5.93. The Balaban J connectivity index is 1.83. The predicted octanol–water partition coefficient (Wildman–Crippen LogP) is 4.73. The fourth-order valence-electron chi connectivity index (χ4n) is 3.38. The molecule has 0 spiro atoms. The second-order valence-corrected chi connectivity index (χ2v) is 10.1. The maximum Gasteiger partial charge on any atom is 0.243 e. The molecular formula is C25H27ClN2O4S. The number of benzene rings is 3. The van der Waals surface area contributed by atoms with Crippen LogP contribution in [-0.2, 0) is 21.4 Å². The van der Waals surface area contributed by atoms with Crippen LogP contribution in [0.25, 0.3) is 0 Å². The molecule has 0 aliphatic rings. The summed E-state index contributed by atoms with van der Waals surface area (Å²) in [5.41, 5.74) is 2.65. The predicted molar refractivity (Wildman–Crippen MR) is 130 cm³/mol. The van der Waals surface area contributed by atoms with E-state index in [0.29, 0.717) is 5.02 Å². The van der Waals surface area contributed by atoms with Crippen LogP contribution in [0.5, 0.6) is 5.75 Å². The fourth-order valence-corrected chi connectivity index (χ4v) is 4.88. The van der Waals surface area contributed by atoms with Crippen molar-refractivity contribution in [2.24, 2.45) is 0 Å². The fraction of sp³-hybridized carbons (Fsp3) is 0.240. The molecule has 1 unspecified atom stereocenters. The zero-order chi connectivity index (χ0) is 24.0. The lowest BCUT2D eigenvalue weighted by atomic mass is 10.1. The molecule has 1 N–H and O–H groups in total. The second-order valence-electron chi connectivity index (χ2n) is 7.72. The van der Waals surface area contributed by atoms with Gasteiger partial charge in [0.25, 0.3) is 0 Å². The number of halogens is 1. The van der Waals surface area contributed by atoms with E-state index in [4.69, 9.17) is 16.3 Å². The molecule has 8 heteroatoms. The summed E-state index contributed by atoms with van der Waals surface area (Å²) in [7, 11) is -2.35. The van der Waals surface area contributed by atoms with Crippen LogP contribution >= 0.6 is 11.6 Å². The summed E-state index contributed by atoms with van der Waals surface area (Å²) in [5.74, 6) is 0.320. The average molecular weight is 487 g/mol. The van der Waals surface area contributed by atoms with Crippen molar-refractivity contribution in [2.75, 3.05) is 13.7 Å². The lowest BCUT2D eigenvalue weighted by Crippen LogP contribution is -2.41. The highest BCUT2D eigenvalue weighted by Gasteiger charge is 2.28. The van der Waals surface area contributed by atoms with Gasteiger partial charge in [0.1, 0.15) is 5.75 Å². The Morgan fingerprint density at radius 1 is 1.03 bits per heavy atom. The molecule has 0 aromatic heterocycles. The molecule has 0 saturated heterocycles. The van der Waals surface area contributed by atoms with E-state index in [-0.39, 0.29) is 24.0 Å². The van der Waals surface area contributed by atoms with Gasteiger partial charge in [-0.25, -0.2) is 8.42 Å². The Kier molecular flexibility index (Phi) is 8.13. The minimum atomic E-state index is -3.94. The lowest BCUT2D eigenvalue weighted by molar-refractivity contribution is -0.122. The van der Waals surface area contributed by atoms with Crippen molar-refractivity contribution < 1.29 is 17.9 Å². The highest BCUT2D eigenvalue weighted by atomic mass is 35.5. The number of carbonyl (C=O) groups excluding carboxylic acids is 1. The highest BCUT2D eigenvalue weighted by Crippen LogP contribution is 2.22. The van der Waals surface area contributed by atoms with Crippen molar-refractivity contribution >= 4 is 27.5 Å². The Morgan fingerprint density at radius 3 is 2.27 bits per heavy atom. The summed E-state index contributed by atoms with van der Waals surface area (Å²) in [6, 6.07) is 20.5. The maximum atomic E-state index is 13.4. The SMILES string of the molecule is COc1ccc(C(C)NC(=O)CN(Cc2ccccc2C)S(=O)(=O)c2ccc(Cl)cc2)cc1. The molecule has 0 heterocycles. The van der Waals surface area contributed by atoms with E-state index in [2.05, 4.69) is 5.32 Å². The van der Waals surface area contributed by atoms with Gasteiger partial charge in [0, 0.05) is 11.6 Å². The Labute approximate surface area is 200 Å². The summed E-state index contributed by atoms with van der Waals surface area (Å²) < 4.78 is 33.2. The van der Waals surface area contributed by atoms with Crippen LogP contribution in [0.2, 0.25) is 5.02 Å². The largest absolute Gasteiger partial charge is 0.497 e. The van der Waals surface area contributed by atoms with Gasteiger partial charge in [-0.05, 0) is 66.9 Å². The number of hydrogen-bond donors (Lipinski definition) is 1. The summed E-state index contributed by atoms with van der Waals surface area (Å²) in [6.07, 6.45) is 0. The number of aryl methyl sites for hydroxylation is 1. The van der Waals surface area contributed by atoms with Crippen molar-refractivity contribution in [2.45, 2.75) is 31.3 Å². The molecule has 0 radical (unpaired) electrons. The molecule has 33 heavy (non-hydrogen) atoms. The molecule has 3 aromatic rings. The monoisotopic (exact) mass is 486 g/mol. The van der Waals surface area contributed by atoms with Gasteiger partial charge in [-0.15, -0.1) is 0 Å². The molecule has 0 aliphatic carbocycles. The number of sulfonamides is 1. The third-order valence-electron chi connectivity index (χ3n) is 5.37. The third-order valence-corrected chi connectivity index (χ3v) is 7.43. The van der Waals surface area contributed by atoms with Crippen LogP contribution in [-0.4, -0.2) is 32.3 Å². The standard InChI is InChI=1S/C25H27ClN2O4S/c1-18-6-4-5-7-21(18)16-28(33(30,31)24-14-10-22(26)11-15-24)17-25(29)27-19(2)20-8-12-23(32-3)13-9-20/h4-15,19H,16-17H2,1-3H3,(H,27,29). The van der Waals surface area contributed by atoms with Crippen LogP contribution in [0.3, 0.4) is 0 Å². The minimum Gasteiger partial charge on any atom is -0.497 e. The quantitative estimate of drug-likeness (QED) is 0.474. The first-order valence-corrected chi connectivity index (χ1v) is 12.3. The Hall–Kier alpha value is -2.87. The van der Waals surface area contributed by atoms with E-state index in [1.165, 1.54) is 28.6 Å². The lowest BCUT2D eigenvalue weighted by Gasteiger charge is -2.24. The van der Waals surface area contributed by atoms with Crippen molar-refractivity contribution in [1.29, 1.82) is 0 Å². The Bertz CT molecular complexity index is 1200. The van der Waals surface area contributed by atoms with Crippen LogP contribution in [0.15, 0.2) is 77.7 Å². The number of nitrogens with zero attached hydrogens (tertiary/aromatic N) is 1. The minimum absolute atomic E-state index is 0.0714. The van der Waals surface area contributed by atoms with Crippen molar-refractivity contribution in [3.63, 3.8) is 0 Å². The van der Waals surface area contributed by atoms with Gasteiger partial charge in [-0.3, -0.25) is 4.79 Å². The highest BCUT2D eigenvalue weighted by molar-refractivity contribution is 7.89. The first-order chi connectivity index (χ1) is 15.7. The second kappa shape index (κ2) is 10.8. The first kappa shape index (κ1) is 24.8. The van der Waals surface area contributed by atoms with Gasteiger partial charge in [0.05, 0.1) is 24.6 Å². The molecule has 1 atom stereocenters. The molecular weight excluding hydrogens is 460 g/mol. The van der Waals surface area contributed by atoms with Crippen LogP contribution in [0, 0.1) is 6.92 Å². The topological polar surface area (TPSA) is 75.7 Å². The number of nitrogens with one attached hydrogen (secondary N) is 1. The van der Waals surface area contributed by atoms with E-state index in [1.54, 1.807) is 7.11 Å². The number of carbonyl (C=O) groups is 1. The number of methoxy groups -OCH3 is 1. The van der Waals surface area contributed by atoms with Crippen molar-refractivity contribution in [3.05, 3.63) is 94.5 Å². The van der Waals surface area contributed by atoms with Gasteiger partial charge in [0.15, 0.2) is 0 Å². The van der Waals surface area contributed by atoms with Gasteiger partial charge >= 0.3 is 0 Å². The molecule has 6 nitrogen and oxygen atoms in total. The summed E-state index contributed by atoms with van der Waals surface area (Å²) in [5, 5.41) is 3.33. The van der Waals surface area contributed by atoms with Crippen molar-refractivity contribution in [1.82, 2.24) is 9.62 Å². The average Bonchev–Trinajstić information content (AvgIpc) is 2.80. The van der Waals surface area contributed by atoms with Crippen LogP contribution in [0.4, 0.5) is 0 Å². The summed E-state index contributed by atoms with van der Waals surface area (Å²) in [6.45, 7) is 3.51. The van der Waals surface area contributed by atoms with Gasteiger partial charge in [-0.2, -0.15) is 4.31 Å². The van der Waals surface area contributed by atoms with Gasteiger partial charge in [0.2, 0.25) is 15.9 Å². The zero-order valence-corrected chi connectivity index (χ0v) is 20.4. The Morgan fingerprint density at radius 2 is 1.67 bits per heavy atom. The number of ether oxygens (including phenoxy) is 1. The number of amides is 1. The normalized spacial score (nSPS) is 12.4. The van der Waals surface area contributed by atoms with E-state index in [0.717, 1.165) is 22.4 Å². The molecule has 0 fully saturated rings. The molecule has 3 rings (SSSR count). The molecule has 174 valence electrons. The van der Waals surface area contributed by atoms with E-state index < -0.39 is 15.9 Å². The van der Waals surface area contributed by atoms with E-state index >= 15 is 0 Å². The molecule has 1 amide bonds. The molecule has 3 aromatic carbocycles. The zero-order valence-electron chi connectivity index (χ0n) is 18.8. The first-order valence-electron chi connectivity index (χ1n) is 10.4. The van der Waals surface area contributed by atoms with Crippen molar-refractivity contribution in [3.8, 4) is 5.75 Å². The van der Waals surface area contributed by atoms with Crippen LogP contribution in [0.1, 0.15) is 29.7 Å². The molecule has 0 aliphatic heterocycles. The molecule has 0 bridgehead atoms. The molecule has 0 saturated carbocycles. The maximum absolute atomic E-state index is 13.4. The van der Waals surface area contributed by atoms with E-state index in [9.17, 15) is 13.2 Å². The number of rotatable bonds is 9. The van der Waals surface area contributed by atoms with Crippen LogP contribution < -0.4 is 10.1 Å². The van der Waals surface area contributed by atoms with E-state index in [1.807, 2.05) is 62.4 Å². The van der Waals surface area contributed by atoms with Gasteiger partial charge in [-0.1, -0.05) is 48.0 Å². The van der Waals surface area contributed by atoms with Gasteiger partial charge < -0.3 is 10.1 Å². The number of hydrogen-bond acceptors (Lipinski definition) is 4.